The molecule has 0 fully saturated rings. The smallest absolute Gasteiger partial charge is 0.128 e. The van der Waals surface area contributed by atoms with Gasteiger partial charge in [-0.3, -0.25) is 24.9 Å². The standard InChI is InChI=1S/2C10H9N.C9H8N2.3C6H7N.3C5H6N2.C4H5N3/c1-8-6-9-4-2-3-5-10(9)7-11-8;1-8-6-7-9-4-2-3-5-10(9)11-8;1-7-10-6-8-4-2-3-5-9(8)11-7;1-6-2-4-7-5-3-6;1-6-3-2-4-7-5-6;1-6-4-2-3-5-7-6;1-5-2-6-4-7-3-5;1-5-2-3-6-4-7-5;1-5-6-3-2-4-7-5;1-4-6-2-5-3-7-4/h2*2-7H,1H3;2-6H,1H3;3*2-5H,1H3;3*2-4H,1H3;2-3H,1H3. The zero-order valence-corrected chi connectivity index (χ0v) is 48.2. The molecule has 0 unspecified atom stereocenters. The summed E-state index contributed by atoms with van der Waals surface area (Å²) in [5, 5.41) is 4.77. The normalized spacial score (nSPS) is 9.34. The van der Waals surface area contributed by atoms with Gasteiger partial charge in [0.2, 0.25) is 0 Å². The molecule has 10 aromatic heterocycles. The number of aryl methyl sites for hydroxylation is 10. The van der Waals surface area contributed by atoms with Gasteiger partial charge in [-0.05, 0) is 158 Å². The monoisotopic (exact) mass is 1090 g/mol. The van der Waals surface area contributed by atoms with E-state index in [1.165, 1.54) is 52.6 Å². The molecule has 0 N–H and O–H groups in total. The summed E-state index contributed by atoms with van der Waals surface area (Å²) >= 11 is 0. The first-order valence-electron chi connectivity index (χ1n) is 26.0. The SMILES string of the molecule is Cc1cc2ccccc2cn1.Cc1ccc2ccccc2n1.Cc1ccccn1.Cc1cccnc1.Cc1ccncc1.Cc1ccncn1.Cc1cncnc1.Cc1ncc2ccccc2n1.Cc1ncccn1.Cc1ncncn1. The lowest BCUT2D eigenvalue weighted by Crippen LogP contribution is -1.86. The molecule has 0 saturated heterocycles. The summed E-state index contributed by atoms with van der Waals surface area (Å²) in [4.78, 5) is 62.7. The maximum Gasteiger partial charge on any atom is 0.128 e. The predicted octanol–water partition coefficient (Wildman–Crippen LogP) is 13.7. The Labute approximate surface area is 481 Å². The van der Waals surface area contributed by atoms with Crippen molar-refractivity contribution < 1.29 is 0 Å². The molecule has 0 saturated carbocycles. The highest BCUT2D eigenvalue weighted by Gasteiger charge is 1.94. The number of hydrogen-bond donors (Lipinski definition) is 0. The number of rotatable bonds is 0. The van der Waals surface area contributed by atoms with Gasteiger partial charge in [0.25, 0.3) is 0 Å². The van der Waals surface area contributed by atoms with E-state index in [0.29, 0.717) is 0 Å². The molecule has 13 rings (SSSR count). The zero-order valence-electron chi connectivity index (χ0n) is 48.2. The molecule has 82 heavy (non-hydrogen) atoms. The minimum Gasteiger partial charge on any atom is -0.265 e. The Kier molecular flexibility index (Phi) is 30.4. The first-order valence-corrected chi connectivity index (χ1v) is 26.0. The average molecular weight is 1090 g/mol. The van der Waals surface area contributed by atoms with E-state index < -0.39 is 0 Å². The molecular formula is C66H70N16. The maximum absolute atomic E-state index is 4.38. The largest absolute Gasteiger partial charge is 0.265 e. The summed E-state index contributed by atoms with van der Waals surface area (Å²) in [6, 6.07) is 48.0. The summed E-state index contributed by atoms with van der Waals surface area (Å²) in [6.45, 7) is 19.5. The average Bonchev–Trinajstić information content (AvgIpc) is 3.61. The Morgan fingerprint density at radius 2 is 0.793 bits per heavy atom. The molecule has 0 aliphatic rings. The predicted molar refractivity (Wildman–Crippen MR) is 329 cm³/mol. The Morgan fingerprint density at radius 3 is 1.27 bits per heavy atom. The van der Waals surface area contributed by atoms with E-state index in [2.05, 4.69) is 110 Å². The van der Waals surface area contributed by atoms with Gasteiger partial charge in [0.1, 0.15) is 42.8 Å². The lowest BCUT2D eigenvalue weighted by Gasteiger charge is -1.96. The van der Waals surface area contributed by atoms with Crippen LogP contribution in [0.3, 0.4) is 0 Å². The van der Waals surface area contributed by atoms with Gasteiger partial charge >= 0.3 is 0 Å². The van der Waals surface area contributed by atoms with E-state index in [1.807, 2.05) is 197 Å². The number of pyridine rings is 5. The van der Waals surface area contributed by atoms with Gasteiger partial charge in [0.15, 0.2) is 0 Å². The summed E-state index contributed by atoms with van der Waals surface area (Å²) in [5.41, 5.74) is 9.89. The molecule has 0 atom stereocenters. The number of aromatic nitrogens is 16. The van der Waals surface area contributed by atoms with Crippen molar-refractivity contribution in [3.05, 3.63) is 302 Å². The number of para-hydroxylation sites is 2. The van der Waals surface area contributed by atoms with Gasteiger partial charge in [-0.15, -0.1) is 0 Å². The van der Waals surface area contributed by atoms with Gasteiger partial charge < -0.3 is 0 Å². The number of nitrogens with zero attached hydrogens (tertiary/aromatic N) is 16. The third-order valence-corrected chi connectivity index (χ3v) is 10.3. The van der Waals surface area contributed by atoms with Crippen LogP contribution in [-0.2, 0) is 0 Å². The van der Waals surface area contributed by atoms with Crippen molar-refractivity contribution >= 4 is 32.6 Å². The zero-order chi connectivity index (χ0) is 58.8. The second kappa shape index (κ2) is 39.0. The highest BCUT2D eigenvalue weighted by molar-refractivity contribution is 5.81. The molecule has 16 heteroatoms. The number of hydrogen-bond acceptors (Lipinski definition) is 16. The van der Waals surface area contributed by atoms with Crippen molar-refractivity contribution in [1.82, 2.24) is 79.7 Å². The second-order valence-corrected chi connectivity index (χ2v) is 17.6. The summed E-state index contributed by atoms with van der Waals surface area (Å²) in [7, 11) is 0. The molecule has 0 radical (unpaired) electrons. The fourth-order valence-corrected chi connectivity index (χ4v) is 6.15. The van der Waals surface area contributed by atoms with Crippen molar-refractivity contribution in [2.75, 3.05) is 0 Å². The van der Waals surface area contributed by atoms with E-state index in [9.17, 15) is 0 Å². The van der Waals surface area contributed by atoms with Crippen molar-refractivity contribution in [2.24, 2.45) is 0 Å². The Bertz CT molecular complexity index is 3140. The van der Waals surface area contributed by atoms with E-state index >= 15 is 0 Å². The lowest BCUT2D eigenvalue weighted by molar-refractivity contribution is 0.974. The summed E-state index contributed by atoms with van der Waals surface area (Å²) in [5.74, 6) is 2.40. The molecule has 0 aliphatic heterocycles. The van der Waals surface area contributed by atoms with Crippen LogP contribution in [-0.4, -0.2) is 79.7 Å². The van der Waals surface area contributed by atoms with Gasteiger partial charge in [-0.1, -0.05) is 78.9 Å². The molecule has 13 aromatic rings. The van der Waals surface area contributed by atoms with E-state index in [1.54, 1.807) is 61.8 Å². The summed E-state index contributed by atoms with van der Waals surface area (Å²) in [6.07, 6.45) is 27.4. The van der Waals surface area contributed by atoms with Gasteiger partial charge in [0.05, 0.1) is 11.0 Å². The van der Waals surface area contributed by atoms with Crippen molar-refractivity contribution in [2.45, 2.75) is 69.2 Å². The second-order valence-electron chi connectivity index (χ2n) is 17.6. The number of benzene rings is 3. The third kappa shape index (κ3) is 29.3. The Balaban J connectivity index is 0.000000197. The first-order chi connectivity index (χ1) is 39.8. The van der Waals surface area contributed by atoms with Crippen LogP contribution in [0.5, 0.6) is 0 Å². The van der Waals surface area contributed by atoms with Crippen LogP contribution in [0.2, 0.25) is 0 Å². The van der Waals surface area contributed by atoms with Crippen LogP contribution >= 0.6 is 0 Å². The van der Waals surface area contributed by atoms with Crippen LogP contribution in [0.15, 0.2) is 245 Å². The lowest BCUT2D eigenvalue weighted by atomic mass is 10.1. The fraction of sp³-hybridized carbons (Fsp3) is 0.152. The molecule has 0 spiro atoms. The van der Waals surface area contributed by atoms with Crippen LogP contribution in [0.4, 0.5) is 0 Å². The Hall–Kier alpha value is -10.5. The number of fused-ring (bicyclic) bond motifs is 3. The van der Waals surface area contributed by atoms with E-state index in [4.69, 9.17) is 0 Å². The van der Waals surface area contributed by atoms with Crippen LogP contribution in [0.1, 0.15) is 56.9 Å². The van der Waals surface area contributed by atoms with E-state index in [0.717, 1.165) is 62.2 Å². The molecule has 3 aromatic carbocycles. The first kappa shape index (κ1) is 64.0. The van der Waals surface area contributed by atoms with Gasteiger partial charge in [-0.25, -0.2) is 54.8 Å². The fourth-order valence-electron chi connectivity index (χ4n) is 6.15. The van der Waals surface area contributed by atoms with Gasteiger partial charge in [0, 0.05) is 113 Å². The quantitative estimate of drug-likeness (QED) is 0.138. The molecule has 16 nitrogen and oxygen atoms in total. The van der Waals surface area contributed by atoms with Crippen LogP contribution < -0.4 is 0 Å². The molecule has 0 bridgehead atoms. The van der Waals surface area contributed by atoms with Crippen molar-refractivity contribution in [3.63, 3.8) is 0 Å². The molecule has 0 amide bonds. The molecule has 0 aliphatic carbocycles. The minimum atomic E-state index is 0.759. The highest BCUT2D eigenvalue weighted by atomic mass is 15.0. The maximum atomic E-state index is 4.38. The minimum absolute atomic E-state index is 0.759. The van der Waals surface area contributed by atoms with Crippen LogP contribution in [0, 0.1) is 69.2 Å². The highest BCUT2D eigenvalue weighted by Crippen LogP contribution is 2.13. The van der Waals surface area contributed by atoms with Crippen LogP contribution in [0.25, 0.3) is 32.6 Å². The van der Waals surface area contributed by atoms with E-state index in [-0.39, 0.29) is 0 Å². The molecule has 10 heterocycles. The van der Waals surface area contributed by atoms with Gasteiger partial charge in [-0.2, -0.15) is 0 Å². The topological polar surface area (TPSA) is 206 Å². The Morgan fingerprint density at radius 1 is 0.232 bits per heavy atom. The summed E-state index contributed by atoms with van der Waals surface area (Å²) < 4.78 is 0. The van der Waals surface area contributed by atoms with Crippen molar-refractivity contribution in [3.8, 4) is 0 Å². The van der Waals surface area contributed by atoms with Crippen molar-refractivity contribution in [1.29, 1.82) is 0 Å². The molecular weight excluding hydrogens is 1020 g/mol. The third-order valence-electron chi connectivity index (χ3n) is 10.3. The molecule has 414 valence electrons.